The number of nitrogens with zero attached hydrogens (tertiary/aromatic N) is 4. The molecule has 1 saturated carbocycles. The van der Waals surface area contributed by atoms with Gasteiger partial charge in [-0.15, -0.1) is 10.2 Å². The predicted molar refractivity (Wildman–Crippen MR) is 97.6 cm³/mol. The van der Waals surface area contributed by atoms with Crippen molar-refractivity contribution in [1.29, 1.82) is 0 Å². The van der Waals surface area contributed by atoms with Crippen molar-refractivity contribution in [2.24, 2.45) is 18.9 Å². The van der Waals surface area contributed by atoms with Gasteiger partial charge in [0.05, 0.1) is 5.92 Å². The van der Waals surface area contributed by atoms with Crippen molar-refractivity contribution < 1.29 is 9.59 Å². The molecule has 1 aliphatic carbocycles. The van der Waals surface area contributed by atoms with Crippen LogP contribution in [0.15, 0.2) is 40.6 Å². The molecule has 2 aliphatic rings. The number of hydrogen-bond donors (Lipinski definition) is 1. The lowest BCUT2D eigenvalue weighted by molar-refractivity contribution is -0.128. The molecule has 2 heterocycles. The van der Waals surface area contributed by atoms with E-state index in [9.17, 15) is 9.59 Å². The SMILES string of the molecule is Cn1cnnc1Sc1ccc(NC(=O)[C@H]2CC(=O)N(CC3CC3)C2)cc1. The van der Waals surface area contributed by atoms with Crippen molar-refractivity contribution in [1.82, 2.24) is 19.7 Å². The predicted octanol–water partition coefficient (Wildman–Crippen LogP) is 2.16. The Hall–Kier alpha value is -2.35. The van der Waals surface area contributed by atoms with E-state index < -0.39 is 0 Å². The van der Waals surface area contributed by atoms with E-state index in [1.807, 2.05) is 40.8 Å². The van der Waals surface area contributed by atoms with Gasteiger partial charge in [0.25, 0.3) is 0 Å². The highest BCUT2D eigenvalue weighted by atomic mass is 32.2. The van der Waals surface area contributed by atoms with Gasteiger partial charge in [-0.3, -0.25) is 9.59 Å². The molecule has 26 heavy (non-hydrogen) atoms. The summed E-state index contributed by atoms with van der Waals surface area (Å²) in [6, 6.07) is 7.62. The largest absolute Gasteiger partial charge is 0.342 e. The first-order chi connectivity index (χ1) is 12.6. The van der Waals surface area contributed by atoms with Crippen molar-refractivity contribution in [3.8, 4) is 0 Å². The van der Waals surface area contributed by atoms with E-state index in [4.69, 9.17) is 0 Å². The van der Waals surface area contributed by atoms with Crippen LogP contribution in [0.1, 0.15) is 19.3 Å². The molecule has 1 aliphatic heterocycles. The molecule has 2 amide bonds. The lowest BCUT2D eigenvalue weighted by Crippen LogP contribution is -2.29. The van der Waals surface area contributed by atoms with Crippen molar-refractivity contribution in [3.63, 3.8) is 0 Å². The van der Waals surface area contributed by atoms with Gasteiger partial charge in [-0.25, -0.2) is 0 Å². The standard InChI is InChI=1S/C18H21N5O2S/c1-22-11-19-21-18(22)26-15-6-4-14(5-7-15)20-17(25)13-8-16(24)23(10-13)9-12-2-3-12/h4-7,11-13H,2-3,8-10H2,1H3,(H,20,25)/t13-/m0/s1. The number of aryl methyl sites for hydroxylation is 1. The molecule has 8 heteroatoms. The first-order valence-electron chi connectivity index (χ1n) is 8.79. The molecule has 1 aromatic heterocycles. The third-order valence-electron chi connectivity index (χ3n) is 4.76. The molecule has 1 saturated heterocycles. The van der Waals surface area contributed by atoms with Gasteiger partial charge >= 0.3 is 0 Å². The number of likely N-dealkylation sites (tertiary alicyclic amines) is 1. The number of rotatable bonds is 6. The molecule has 0 spiro atoms. The van der Waals surface area contributed by atoms with Gasteiger partial charge in [-0.1, -0.05) is 0 Å². The smallest absolute Gasteiger partial charge is 0.229 e. The molecular weight excluding hydrogens is 350 g/mol. The fraction of sp³-hybridized carbons (Fsp3) is 0.444. The van der Waals surface area contributed by atoms with Crippen LogP contribution in [0, 0.1) is 11.8 Å². The molecule has 1 atom stereocenters. The Labute approximate surface area is 156 Å². The average Bonchev–Trinajstić information content (AvgIpc) is 3.24. The van der Waals surface area contributed by atoms with E-state index in [2.05, 4.69) is 15.5 Å². The molecule has 0 unspecified atom stereocenters. The number of aromatic nitrogens is 3. The molecule has 136 valence electrons. The Kier molecular flexibility index (Phi) is 4.67. The molecular formula is C18H21N5O2S. The Balaban J connectivity index is 1.33. The Morgan fingerprint density at radius 1 is 1.31 bits per heavy atom. The summed E-state index contributed by atoms with van der Waals surface area (Å²) in [4.78, 5) is 27.4. The summed E-state index contributed by atoms with van der Waals surface area (Å²) >= 11 is 1.51. The zero-order chi connectivity index (χ0) is 18.1. The maximum Gasteiger partial charge on any atom is 0.229 e. The number of hydrogen-bond acceptors (Lipinski definition) is 5. The first-order valence-corrected chi connectivity index (χ1v) is 9.60. The van der Waals surface area contributed by atoms with E-state index >= 15 is 0 Å². The highest BCUT2D eigenvalue weighted by molar-refractivity contribution is 7.99. The van der Waals surface area contributed by atoms with Crippen LogP contribution in [0.4, 0.5) is 5.69 Å². The Morgan fingerprint density at radius 3 is 2.73 bits per heavy atom. The summed E-state index contributed by atoms with van der Waals surface area (Å²) in [7, 11) is 1.90. The van der Waals surface area contributed by atoms with Crippen LogP contribution in [-0.2, 0) is 16.6 Å². The Bertz CT molecular complexity index is 815. The van der Waals surface area contributed by atoms with Crippen LogP contribution in [0.3, 0.4) is 0 Å². The quantitative estimate of drug-likeness (QED) is 0.842. The fourth-order valence-electron chi connectivity index (χ4n) is 3.06. The number of anilines is 1. The second kappa shape index (κ2) is 7.11. The van der Waals surface area contributed by atoms with Crippen molar-refractivity contribution in [2.75, 3.05) is 18.4 Å². The summed E-state index contributed by atoms with van der Waals surface area (Å²) in [6.45, 7) is 1.36. The van der Waals surface area contributed by atoms with Crippen LogP contribution in [-0.4, -0.2) is 44.6 Å². The van der Waals surface area contributed by atoms with Gasteiger partial charge in [0.15, 0.2) is 5.16 Å². The lowest BCUT2D eigenvalue weighted by atomic mass is 10.1. The normalized spacial score (nSPS) is 19.8. The maximum absolute atomic E-state index is 12.5. The summed E-state index contributed by atoms with van der Waals surface area (Å²) in [5, 5.41) is 11.6. The van der Waals surface area contributed by atoms with Crippen LogP contribution < -0.4 is 5.32 Å². The van der Waals surface area contributed by atoms with Crippen LogP contribution in [0.5, 0.6) is 0 Å². The second-order valence-electron chi connectivity index (χ2n) is 6.98. The maximum atomic E-state index is 12.5. The molecule has 0 bridgehead atoms. The number of carbonyl (C=O) groups is 2. The van der Waals surface area contributed by atoms with E-state index in [1.54, 1.807) is 6.33 Å². The monoisotopic (exact) mass is 371 g/mol. The molecule has 4 rings (SSSR count). The summed E-state index contributed by atoms with van der Waals surface area (Å²) < 4.78 is 1.85. The highest BCUT2D eigenvalue weighted by Crippen LogP contribution is 2.32. The molecule has 2 fully saturated rings. The first kappa shape index (κ1) is 17.1. The van der Waals surface area contributed by atoms with Crippen LogP contribution >= 0.6 is 11.8 Å². The zero-order valence-electron chi connectivity index (χ0n) is 14.6. The van der Waals surface area contributed by atoms with E-state index in [1.165, 1.54) is 24.6 Å². The summed E-state index contributed by atoms with van der Waals surface area (Å²) in [6.07, 6.45) is 4.39. The van der Waals surface area contributed by atoms with Crippen molar-refractivity contribution in [3.05, 3.63) is 30.6 Å². The minimum atomic E-state index is -0.256. The number of carbonyl (C=O) groups excluding carboxylic acids is 2. The molecule has 0 radical (unpaired) electrons. The van der Waals surface area contributed by atoms with Gasteiger partial charge in [0.1, 0.15) is 6.33 Å². The van der Waals surface area contributed by atoms with Crippen molar-refractivity contribution >= 4 is 29.3 Å². The lowest BCUT2D eigenvalue weighted by Gasteiger charge is -2.16. The number of amides is 2. The molecule has 1 N–H and O–H groups in total. The van der Waals surface area contributed by atoms with Gasteiger partial charge < -0.3 is 14.8 Å². The van der Waals surface area contributed by atoms with E-state index in [0.717, 1.165) is 22.3 Å². The fourth-order valence-corrected chi connectivity index (χ4v) is 3.82. The molecule has 7 nitrogen and oxygen atoms in total. The van der Waals surface area contributed by atoms with Gasteiger partial charge in [0, 0.05) is 37.1 Å². The summed E-state index contributed by atoms with van der Waals surface area (Å²) in [5.41, 5.74) is 0.741. The molecule has 2 aromatic rings. The highest BCUT2D eigenvalue weighted by Gasteiger charge is 2.37. The van der Waals surface area contributed by atoms with Crippen molar-refractivity contribution in [2.45, 2.75) is 29.3 Å². The third kappa shape index (κ3) is 3.90. The van der Waals surface area contributed by atoms with Crippen LogP contribution in [0.25, 0.3) is 0 Å². The van der Waals surface area contributed by atoms with Gasteiger partial charge in [-0.2, -0.15) is 0 Å². The van der Waals surface area contributed by atoms with Gasteiger partial charge in [0.2, 0.25) is 11.8 Å². The van der Waals surface area contributed by atoms with Gasteiger partial charge in [-0.05, 0) is 54.8 Å². The molecule has 1 aromatic carbocycles. The minimum absolute atomic E-state index is 0.0784. The minimum Gasteiger partial charge on any atom is -0.342 e. The van der Waals surface area contributed by atoms with E-state index in [-0.39, 0.29) is 17.7 Å². The average molecular weight is 371 g/mol. The second-order valence-corrected chi connectivity index (χ2v) is 8.02. The van der Waals surface area contributed by atoms with Crippen LogP contribution in [0.2, 0.25) is 0 Å². The van der Waals surface area contributed by atoms with E-state index in [0.29, 0.717) is 18.9 Å². The summed E-state index contributed by atoms with van der Waals surface area (Å²) in [5.74, 6) is 0.423. The Morgan fingerprint density at radius 2 is 2.08 bits per heavy atom. The number of nitrogens with one attached hydrogen (secondary N) is 1. The topological polar surface area (TPSA) is 80.1 Å². The number of benzene rings is 1. The third-order valence-corrected chi connectivity index (χ3v) is 5.82. The zero-order valence-corrected chi connectivity index (χ0v) is 15.4.